The third kappa shape index (κ3) is 3.01. The maximum absolute atomic E-state index is 12.4. The Kier molecular flexibility index (Phi) is 4.20. The predicted molar refractivity (Wildman–Crippen MR) is 85.7 cm³/mol. The molecular weight excluding hydrogens is 298 g/mol. The molecule has 2 aromatic rings. The number of nitrogens with zero attached hydrogens (tertiary/aromatic N) is 2. The van der Waals surface area contributed by atoms with Crippen LogP contribution in [0.5, 0.6) is 0 Å². The van der Waals surface area contributed by atoms with Gasteiger partial charge in [0.2, 0.25) is 0 Å². The zero-order valence-corrected chi connectivity index (χ0v) is 13.0. The molecule has 6 heteroatoms. The van der Waals surface area contributed by atoms with Crippen molar-refractivity contribution >= 4 is 28.8 Å². The minimum absolute atomic E-state index is 0.0667. The van der Waals surface area contributed by atoms with Crippen LogP contribution >= 0.6 is 11.3 Å². The highest BCUT2D eigenvalue weighted by Gasteiger charge is 2.36. The van der Waals surface area contributed by atoms with E-state index in [1.54, 1.807) is 34.6 Å². The molecule has 3 heterocycles. The summed E-state index contributed by atoms with van der Waals surface area (Å²) in [4.78, 5) is 30.1. The summed E-state index contributed by atoms with van der Waals surface area (Å²) >= 11 is 1.66. The van der Waals surface area contributed by atoms with Crippen molar-refractivity contribution in [3.05, 3.63) is 46.9 Å². The lowest BCUT2D eigenvalue weighted by Gasteiger charge is -2.20. The van der Waals surface area contributed by atoms with Gasteiger partial charge in [-0.05, 0) is 47.9 Å². The Morgan fingerprint density at radius 1 is 1.41 bits per heavy atom. The first kappa shape index (κ1) is 14.7. The summed E-state index contributed by atoms with van der Waals surface area (Å²) in [6.45, 7) is 2.58. The van der Waals surface area contributed by atoms with Crippen LogP contribution in [0, 0.1) is 0 Å². The van der Waals surface area contributed by atoms with Crippen molar-refractivity contribution in [3.8, 4) is 0 Å². The Balaban J connectivity index is 1.66. The zero-order chi connectivity index (χ0) is 15.5. The van der Waals surface area contributed by atoms with Crippen molar-refractivity contribution in [3.63, 3.8) is 0 Å². The fraction of sp³-hybridized carbons (Fsp3) is 0.312. The van der Waals surface area contributed by atoms with E-state index in [1.165, 1.54) is 11.8 Å². The van der Waals surface area contributed by atoms with E-state index in [-0.39, 0.29) is 6.04 Å². The number of rotatable bonds is 2. The largest absolute Gasteiger partial charge is 0.331 e. The van der Waals surface area contributed by atoms with E-state index in [0.717, 1.165) is 6.42 Å². The summed E-state index contributed by atoms with van der Waals surface area (Å²) in [5.74, 6) is -0.767. The van der Waals surface area contributed by atoms with Gasteiger partial charge in [0.15, 0.2) is 0 Å². The van der Waals surface area contributed by atoms with Crippen molar-refractivity contribution in [1.82, 2.24) is 9.88 Å². The SMILES string of the molecule is C[C@@H]1C[C@@H](c2ccsc2)CN1C(=O)C(=O)Nc1cccnc1. The lowest BCUT2D eigenvalue weighted by molar-refractivity contribution is -0.143. The first-order valence-corrected chi connectivity index (χ1v) is 8.13. The molecule has 0 bridgehead atoms. The number of nitrogens with one attached hydrogen (secondary N) is 1. The Bertz CT molecular complexity index is 657. The lowest BCUT2D eigenvalue weighted by Crippen LogP contribution is -2.41. The van der Waals surface area contributed by atoms with Gasteiger partial charge in [-0.3, -0.25) is 14.6 Å². The number of pyridine rings is 1. The van der Waals surface area contributed by atoms with Gasteiger partial charge in [0.05, 0.1) is 11.9 Å². The van der Waals surface area contributed by atoms with E-state index in [4.69, 9.17) is 0 Å². The Labute approximate surface area is 133 Å². The molecule has 1 fully saturated rings. The number of likely N-dealkylation sites (tertiary alicyclic amines) is 1. The van der Waals surface area contributed by atoms with Gasteiger partial charge in [-0.15, -0.1) is 0 Å². The Morgan fingerprint density at radius 3 is 2.95 bits per heavy atom. The van der Waals surface area contributed by atoms with Crippen LogP contribution in [0.4, 0.5) is 5.69 Å². The number of aromatic nitrogens is 1. The highest BCUT2D eigenvalue weighted by Crippen LogP contribution is 2.32. The summed E-state index contributed by atoms with van der Waals surface area (Å²) in [7, 11) is 0. The summed E-state index contributed by atoms with van der Waals surface area (Å²) < 4.78 is 0. The van der Waals surface area contributed by atoms with Crippen LogP contribution in [0.2, 0.25) is 0 Å². The third-order valence-electron chi connectivity index (χ3n) is 3.96. The molecule has 0 saturated carbocycles. The van der Waals surface area contributed by atoms with Gasteiger partial charge >= 0.3 is 11.8 Å². The number of anilines is 1. The van der Waals surface area contributed by atoms with Crippen LogP contribution in [0.1, 0.15) is 24.8 Å². The second-order valence-corrected chi connectivity index (χ2v) is 6.27. The van der Waals surface area contributed by atoms with Crippen LogP contribution in [0.25, 0.3) is 0 Å². The smallest absolute Gasteiger partial charge is 0.313 e. The topological polar surface area (TPSA) is 62.3 Å². The number of thiophene rings is 1. The first-order chi connectivity index (χ1) is 10.6. The molecule has 5 nitrogen and oxygen atoms in total. The molecule has 0 radical (unpaired) electrons. The molecule has 114 valence electrons. The second-order valence-electron chi connectivity index (χ2n) is 5.49. The molecule has 2 atom stereocenters. The minimum Gasteiger partial charge on any atom is -0.331 e. The highest BCUT2D eigenvalue weighted by atomic mass is 32.1. The van der Waals surface area contributed by atoms with E-state index in [9.17, 15) is 9.59 Å². The summed E-state index contributed by atoms with van der Waals surface area (Å²) in [6.07, 6.45) is 4.03. The van der Waals surface area contributed by atoms with E-state index >= 15 is 0 Å². The Hall–Kier alpha value is -2.21. The third-order valence-corrected chi connectivity index (χ3v) is 4.67. The molecule has 1 N–H and O–H groups in total. The van der Waals surface area contributed by atoms with Crippen LogP contribution in [-0.4, -0.2) is 34.3 Å². The maximum atomic E-state index is 12.4. The number of amides is 2. The maximum Gasteiger partial charge on any atom is 0.313 e. The van der Waals surface area contributed by atoms with Crippen molar-refractivity contribution < 1.29 is 9.59 Å². The van der Waals surface area contributed by atoms with E-state index in [1.807, 2.05) is 12.3 Å². The van der Waals surface area contributed by atoms with Crippen LogP contribution < -0.4 is 5.32 Å². The van der Waals surface area contributed by atoms with E-state index in [2.05, 4.69) is 21.7 Å². The van der Waals surface area contributed by atoms with Crippen LogP contribution in [0.3, 0.4) is 0 Å². The molecule has 22 heavy (non-hydrogen) atoms. The number of carbonyl (C=O) groups excluding carboxylic acids is 2. The standard InChI is InChI=1S/C16H17N3O2S/c1-11-7-13(12-4-6-22-10-12)9-19(11)16(21)15(20)18-14-3-2-5-17-8-14/h2-6,8,10-11,13H,7,9H2,1H3,(H,18,20)/t11-,13-/m1/s1. The predicted octanol–water partition coefficient (Wildman–Crippen LogP) is 2.49. The molecule has 1 aliphatic rings. The molecule has 0 spiro atoms. The van der Waals surface area contributed by atoms with Crippen molar-refractivity contribution in [2.24, 2.45) is 0 Å². The second kappa shape index (κ2) is 6.27. The number of hydrogen-bond acceptors (Lipinski definition) is 4. The van der Waals surface area contributed by atoms with Gasteiger partial charge < -0.3 is 10.2 Å². The summed E-state index contributed by atoms with van der Waals surface area (Å²) in [5.41, 5.74) is 1.78. The fourth-order valence-electron chi connectivity index (χ4n) is 2.81. The fourth-order valence-corrected chi connectivity index (χ4v) is 3.56. The molecule has 0 aromatic carbocycles. The molecule has 2 amide bonds. The average Bonchev–Trinajstić information content (AvgIpc) is 3.16. The summed E-state index contributed by atoms with van der Waals surface area (Å²) in [5, 5.41) is 6.75. The molecule has 2 aromatic heterocycles. The monoisotopic (exact) mass is 315 g/mol. The molecule has 3 rings (SSSR count). The quantitative estimate of drug-likeness (QED) is 0.866. The number of carbonyl (C=O) groups is 2. The van der Waals surface area contributed by atoms with Gasteiger partial charge in [0.25, 0.3) is 0 Å². The van der Waals surface area contributed by atoms with E-state index in [0.29, 0.717) is 18.2 Å². The van der Waals surface area contributed by atoms with Gasteiger partial charge in [-0.1, -0.05) is 0 Å². The molecule has 1 aliphatic heterocycles. The van der Waals surface area contributed by atoms with E-state index < -0.39 is 11.8 Å². The molecule has 0 unspecified atom stereocenters. The van der Waals surface area contributed by atoms with Crippen molar-refractivity contribution in [2.45, 2.75) is 25.3 Å². The Morgan fingerprint density at radius 2 is 2.27 bits per heavy atom. The van der Waals surface area contributed by atoms with Gasteiger partial charge in [0.1, 0.15) is 0 Å². The van der Waals surface area contributed by atoms with Gasteiger partial charge in [-0.25, -0.2) is 0 Å². The van der Waals surface area contributed by atoms with Gasteiger partial charge in [0, 0.05) is 24.7 Å². The normalized spacial score (nSPS) is 20.9. The van der Waals surface area contributed by atoms with Crippen LogP contribution in [-0.2, 0) is 9.59 Å². The number of hydrogen-bond donors (Lipinski definition) is 1. The minimum atomic E-state index is -0.606. The zero-order valence-electron chi connectivity index (χ0n) is 12.2. The van der Waals surface area contributed by atoms with Gasteiger partial charge in [-0.2, -0.15) is 11.3 Å². The molecule has 1 saturated heterocycles. The van der Waals surface area contributed by atoms with Crippen molar-refractivity contribution in [1.29, 1.82) is 0 Å². The summed E-state index contributed by atoms with van der Waals surface area (Å²) in [6, 6.07) is 5.58. The van der Waals surface area contributed by atoms with Crippen LogP contribution in [0.15, 0.2) is 41.4 Å². The molecular formula is C16H17N3O2S. The van der Waals surface area contributed by atoms with Crippen molar-refractivity contribution in [2.75, 3.05) is 11.9 Å². The lowest BCUT2D eigenvalue weighted by atomic mass is 10.00. The molecule has 0 aliphatic carbocycles. The first-order valence-electron chi connectivity index (χ1n) is 7.19. The average molecular weight is 315 g/mol. The highest BCUT2D eigenvalue weighted by molar-refractivity contribution is 7.08.